The molecule has 3 aromatic rings. The molecule has 24 heavy (non-hydrogen) atoms. The zero-order valence-corrected chi connectivity index (χ0v) is 11.8. The maximum absolute atomic E-state index is 11.0. The standard InChI is InChI=1S/C14H8N4O6/c19-14-10-4-2-1-3-9(10)13(24-14)16-15-11-6-5-8(17(20)21)7-12(11)18(22)23/h1-7,19H. The molecule has 0 aliphatic carbocycles. The molecular formula is C14H8N4O6. The molecule has 1 aromatic heterocycles. The Bertz CT molecular complexity index is 994. The Hall–Kier alpha value is -3.82. The van der Waals surface area contributed by atoms with E-state index in [-0.39, 0.29) is 17.5 Å². The van der Waals surface area contributed by atoms with Gasteiger partial charge in [0.15, 0.2) is 5.69 Å². The van der Waals surface area contributed by atoms with E-state index in [1.807, 2.05) is 0 Å². The van der Waals surface area contributed by atoms with Crippen molar-refractivity contribution in [1.29, 1.82) is 0 Å². The molecule has 0 saturated carbocycles. The van der Waals surface area contributed by atoms with E-state index in [2.05, 4.69) is 10.2 Å². The number of nitrogens with zero attached hydrogens (tertiary/aromatic N) is 4. The highest BCUT2D eigenvalue weighted by atomic mass is 16.6. The molecule has 0 bridgehead atoms. The van der Waals surface area contributed by atoms with Gasteiger partial charge in [0.05, 0.1) is 26.7 Å². The number of nitro groups is 2. The van der Waals surface area contributed by atoms with Gasteiger partial charge in [0.25, 0.3) is 11.6 Å². The van der Waals surface area contributed by atoms with Gasteiger partial charge in [-0.1, -0.05) is 12.1 Å². The number of hydrogen-bond acceptors (Lipinski definition) is 8. The van der Waals surface area contributed by atoms with Crippen LogP contribution in [-0.2, 0) is 0 Å². The van der Waals surface area contributed by atoms with Crippen molar-refractivity contribution in [3.05, 3.63) is 62.7 Å². The van der Waals surface area contributed by atoms with E-state index in [0.717, 1.165) is 18.2 Å². The number of rotatable bonds is 4. The largest absolute Gasteiger partial charge is 0.480 e. The van der Waals surface area contributed by atoms with Crippen LogP contribution in [0.4, 0.5) is 22.9 Å². The summed E-state index contributed by atoms with van der Waals surface area (Å²) in [6.07, 6.45) is 0. The summed E-state index contributed by atoms with van der Waals surface area (Å²) >= 11 is 0. The molecule has 0 unspecified atom stereocenters. The Morgan fingerprint density at radius 3 is 2.33 bits per heavy atom. The molecule has 0 spiro atoms. The first-order chi connectivity index (χ1) is 11.5. The summed E-state index contributed by atoms with van der Waals surface area (Å²) in [4.78, 5) is 20.2. The van der Waals surface area contributed by atoms with Crippen LogP contribution in [0.5, 0.6) is 5.95 Å². The third-order valence-electron chi connectivity index (χ3n) is 3.20. The second-order valence-corrected chi connectivity index (χ2v) is 4.65. The van der Waals surface area contributed by atoms with Gasteiger partial charge in [0.2, 0.25) is 5.88 Å². The van der Waals surface area contributed by atoms with Crippen LogP contribution in [0.15, 0.2) is 57.1 Å². The van der Waals surface area contributed by atoms with Crippen molar-refractivity contribution >= 4 is 33.7 Å². The van der Waals surface area contributed by atoms with Crippen molar-refractivity contribution in [3.8, 4) is 5.95 Å². The zero-order valence-electron chi connectivity index (χ0n) is 11.8. The van der Waals surface area contributed by atoms with Gasteiger partial charge in [0, 0.05) is 6.07 Å². The Morgan fingerprint density at radius 2 is 1.67 bits per heavy atom. The van der Waals surface area contributed by atoms with Crippen molar-refractivity contribution in [2.24, 2.45) is 10.2 Å². The van der Waals surface area contributed by atoms with E-state index in [1.54, 1.807) is 24.3 Å². The van der Waals surface area contributed by atoms with Crippen molar-refractivity contribution in [1.82, 2.24) is 0 Å². The Labute approximate surface area is 133 Å². The van der Waals surface area contributed by atoms with E-state index in [1.165, 1.54) is 0 Å². The van der Waals surface area contributed by atoms with Crippen LogP contribution in [0.25, 0.3) is 10.8 Å². The van der Waals surface area contributed by atoms with Crippen molar-refractivity contribution in [2.75, 3.05) is 0 Å². The first-order valence-electron chi connectivity index (χ1n) is 6.52. The molecule has 0 atom stereocenters. The minimum Gasteiger partial charge on any atom is -0.480 e. The molecule has 1 N–H and O–H groups in total. The highest BCUT2D eigenvalue weighted by molar-refractivity contribution is 5.94. The van der Waals surface area contributed by atoms with Crippen LogP contribution in [0.3, 0.4) is 0 Å². The van der Waals surface area contributed by atoms with Crippen LogP contribution in [0.2, 0.25) is 0 Å². The maximum Gasteiger partial charge on any atom is 0.303 e. The van der Waals surface area contributed by atoms with Crippen LogP contribution >= 0.6 is 0 Å². The van der Waals surface area contributed by atoms with Crippen LogP contribution < -0.4 is 0 Å². The summed E-state index contributed by atoms with van der Waals surface area (Å²) in [6.45, 7) is 0. The summed E-state index contributed by atoms with van der Waals surface area (Å²) in [5, 5.41) is 39.8. The van der Waals surface area contributed by atoms with E-state index in [9.17, 15) is 25.3 Å². The lowest BCUT2D eigenvalue weighted by Gasteiger charge is -1.96. The molecule has 0 radical (unpaired) electrons. The number of aromatic hydroxyl groups is 1. The Kier molecular flexibility index (Phi) is 3.62. The first-order valence-corrected chi connectivity index (χ1v) is 6.52. The lowest BCUT2D eigenvalue weighted by Crippen LogP contribution is -1.92. The number of azo groups is 1. The minimum absolute atomic E-state index is 0.0317. The average molecular weight is 328 g/mol. The molecule has 2 aromatic carbocycles. The van der Waals surface area contributed by atoms with Crippen LogP contribution in [0, 0.1) is 20.2 Å². The summed E-state index contributed by atoms with van der Waals surface area (Å²) in [7, 11) is 0. The predicted octanol–water partition coefficient (Wildman–Crippen LogP) is 4.37. The molecular weight excluding hydrogens is 320 g/mol. The van der Waals surface area contributed by atoms with Crippen molar-refractivity contribution < 1.29 is 19.4 Å². The number of benzene rings is 2. The second kappa shape index (κ2) is 5.76. The van der Waals surface area contributed by atoms with Gasteiger partial charge < -0.3 is 9.52 Å². The van der Waals surface area contributed by atoms with Gasteiger partial charge in [-0.3, -0.25) is 20.2 Å². The summed E-state index contributed by atoms with van der Waals surface area (Å²) in [5.41, 5.74) is -1.17. The van der Waals surface area contributed by atoms with Gasteiger partial charge in [-0.15, -0.1) is 10.2 Å². The molecule has 120 valence electrons. The van der Waals surface area contributed by atoms with Crippen LogP contribution in [0.1, 0.15) is 0 Å². The SMILES string of the molecule is O=[N+]([O-])c1ccc(N=Nc2oc(O)c3ccccc23)c([N+](=O)[O-])c1. The van der Waals surface area contributed by atoms with Gasteiger partial charge >= 0.3 is 5.69 Å². The van der Waals surface area contributed by atoms with E-state index < -0.39 is 21.2 Å². The van der Waals surface area contributed by atoms with Gasteiger partial charge in [-0.05, 0) is 18.2 Å². The molecule has 0 saturated heterocycles. The topological polar surface area (TPSA) is 144 Å². The quantitative estimate of drug-likeness (QED) is 0.427. The predicted molar refractivity (Wildman–Crippen MR) is 81.8 cm³/mol. The average Bonchev–Trinajstić information content (AvgIpc) is 2.89. The van der Waals surface area contributed by atoms with Crippen LogP contribution in [-0.4, -0.2) is 15.0 Å². The maximum atomic E-state index is 11.0. The fourth-order valence-electron chi connectivity index (χ4n) is 2.09. The number of furan rings is 1. The van der Waals surface area contributed by atoms with Gasteiger partial charge in [0.1, 0.15) is 0 Å². The number of non-ortho nitro benzene ring substituents is 1. The zero-order chi connectivity index (χ0) is 17.3. The molecule has 0 aliphatic rings. The van der Waals surface area contributed by atoms with E-state index in [0.29, 0.717) is 10.8 Å². The number of hydrogen-bond donors (Lipinski definition) is 1. The smallest absolute Gasteiger partial charge is 0.303 e. The fraction of sp³-hybridized carbons (Fsp3) is 0. The normalized spacial score (nSPS) is 11.2. The first kappa shape index (κ1) is 15.1. The lowest BCUT2D eigenvalue weighted by atomic mass is 10.2. The molecule has 10 nitrogen and oxygen atoms in total. The van der Waals surface area contributed by atoms with Gasteiger partial charge in [-0.2, -0.15) is 0 Å². The highest BCUT2D eigenvalue weighted by Gasteiger charge is 2.20. The van der Waals surface area contributed by atoms with Crippen molar-refractivity contribution in [2.45, 2.75) is 0 Å². The summed E-state index contributed by atoms with van der Waals surface area (Å²) < 4.78 is 5.07. The second-order valence-electron chi connectivity index (χ2n) is 4.65. The van der Waals surface area contributed by atoms with E-state index >= 15 is 0 Å². The third kappa shape index (κ3) is 2.63. The Balaban J connectivity index is 2.05. The number of fused-ring (bicyclic) bond motifs is 1. The highest BCUT2D eigenvalue weighted by Crippen LogP contribution is 2.38. The fourth-order valence-corrected chi connectivity index (χ4v) is 2.09. The molecule has 0 aliphatic heterocycles. The molecule has 1 heterocycles. The monoisotopic (exact) mass is 328 g/mol. The summed E-state index contributed by atoms with van der Waals surface area (Å²) in [6, 6.07) is 9.64. The minimum atomic E-state index is -0.793. The Morgan fingerprint density at radius 1 is 0.958 bits per heavy atom. The third-order valence-corrected chi connectivity index (χ3v) is 3.20. The van der Waals surface area contributed by atoms with E-state index in [4.69, 9.17) is 4.42 Å². The molecule has 10 heteroatoms. The lowest BCUT2D eigenvalue weighted by molar-refractivity contribution is -0.393. The molecule has 0 fully saturated rings. The number of nitro benzene ring substituents is 2. The molecule has 0 amide bonds. The summed E-state index contributed by atoms with van der Waals surface area (Å²) in [5.74, 6) is -0.381. The van der Waals surface area contributed by atoms with Gasteiger partial charge in [-0.25, -0.2) is 0 Å². The molecule has 3 rings (SSSR count). The van der Waals surface area contributed by atoms with Crippen molar-refractivity contribution in [3.63, 3.8) is 0 Å².